The topological polar surface area (TPSA) is 44.0 Å². The van der Waals surface area contributed by atoms with Crippen molar-refractivity contribution in [3.8, 4) is 0 Å². The lowest BCUT2D eigenvalue weighted by Crippen LogP contribution is -2.43. The zero-order valence-electron chi connectivity index (χ0n) is 8.66. The van der Waals surface area contributed by atoms with Crippen LogP contribution in [0.3, 0.4) is 0 Å². The highest BCUT2D eigenvalue weighted by Crippen LogP contribution is 2.08. The van der Waals surface area contributed by atoms with Gasteiger partial charge < -0.3 is 15.2 Å². The Morgan fingerprint density at radius 2 is 2.64 bits per heavy atom. The molecule has 1 aliphatic rings. The molecule has 1 saturated heterocycles. The average Bonchev–Trinajstić information content (AvgIpc) is 2.67. The van der Waals surface area contributed by atoms with Crippen LogP contribution in [-0.4, -0.2) is 41.0 Å². The SMILES string of the molecule is CN1CCCC(NCc2ncc[nH]2)C1. The van der Waals surface area contributed by atoms with Crippen molar-refractivity contribution in [1.29, 1.82) is 0 Å². The summed E-state index contributed by atoms with van der Waals surface area (Å²) in [6.45, 7) is 3.24. The largest absolute Gasteiger partial charge is 0.348 e. The van der Waals surface area contributed by atoms with Gasteiger partial charge in [0.25, 0.3) is 0 Å². The fraction of sp³-hybridized carbons (Fsp3) is 0.700. The molecule has 2 rings (SSSR count). The van der Waals surface area contributed by atoms with E-state index in [1.807, 2.05) is 6.20 Å². The highest BCUT2D eigenvalue weighted by atomic mass is 15.1. The van der Waals surface area contributed by atoms with Crippen molar-refractivity contribution in [2.24, 2.45) is 0 Å². The van der Waals surface area contributed by atoms with Crippen LogP contribution in [0.5, 0.6) is 0 Å². The maximum Gasteiger partial charge on any atom is 0.120 e. The van der Waals surface area contributed by atoms with Crippen LogP contribution >= 0.6 is 0 Å². The van der Waals surface area contributed by atoms with Crippen LogP contribution in [0.15, 0.2) is 12.4 Å². The van der Waals surface area contributed by atoms with E-state index in [2.05, 4.69) is 27.2 Å². The highest BCUT2D eigenvalue weighted by Gasteiger charge is 2.16. The van der Waals surface area contributed by atoms with E-state index in [-0.39, 0.29) is 0 Å². The van der Waals surface area contributed by atoms with E-state index in [9.17, 15) is 0 Å². The summed E-state index contributed by atoms with van der Waals surface area (Å²) in [5.41, 5.74) is 0. The lowest BCUT2D eigenvalue weighted by atomic mass is 10.1. The molecular weight excluding hydrogens is 176 g/mol. The van der Waals surface area contributed by atoms with Gasteiger partial charge in [0.2, 0.25) is 0 Å². The molecule has 14 heavy (non-hydrogen) atoms. The van der Waals surface area contributed by atoms with Crippen LogP contribution in [-0.2, 0) is 6.54 Å². The molecule has 1 aromatic heterocycles. The van der Waals surface area contributed by atoms with Crippen molar-refractivity contribution in [2.75, 3.05) is 20.1 Å². The number of hydrogen-bond donors (Lipinski definition) is 2. The van der Waals surface area contributed by atoms with E-state index in [0.717, 1.165) is 18.9 Å². The predicted octanol–water partition coefficient (Wildman–Crippen LogP) is 0.593. The molecule has 0 saturated carbocycles. The van der Waals surface area contributed by atoms with Crippen LogP contribution in [0, 0.1) is 0 Å². The van der Waals surface area contributed by atoms with Crippen molar-refractivity contribution in [3.05, 3.63) is 18.2 Å². The molecule has 1 fully saturated rings. The first kappa shape index (κ1) is 9.68. The monoisotopic (exact) mass is 194 g/mol. The fourth-order valence-electron chi connectivity index (χ4n) is 1.97. The van der Waals surface area contributed by atoms with Crippen molar-refractivity contribution in [1.82, 2.24) is 20.2 Å². The Bertz CT molecular complexity index is 257. The number of nitrogens with one attached hydrogen (secondary N) is 2. The third kappa shape index (κ3) is 2.56. The van der Waals surface area contributed by atoms with Crippen molar-refractivity contribution >= 4 is 0 Å². The summed E-state index contributed by atoms with van der Waals surface area (Å²) in [5, 5.41) is 3.52. The van der Waals surface area contributed by atoms with Crippen LogP contribution < -0.4 is 5.32 Å². The van der Waals surface area contributed by atoms with Gasteiger partial charge in [-0.05, 0) is 26.4 Å². The van der Waals surface area contributed by atoms with Gasteiger partial charge >= 0.3 is 0 Å². The summed E-state index contributed by atoms with van der Waals surface area (Å²) in [6, 6.07) is 0.624. The van der Waals surface area contributed by atoms with E-state index in [1.54, 1.807) is 6.20 Å². The van der Waals surface area contributed by atoms with Gasteiger partial charge in [0, 0.05) is 25.0 Å². The van der Waals surface area contributed by atoms with Crippen molar-refractivity contribution < 1.29 is 0 Å². The van der Waals surface area contributed by atoms with Crippen LogP contribution in [0.25, 0.3) is 0 Å². The number of aromatic nitrogens is 2. The molecule has 0 aromatic carbocycles. The summed E-state index contributed by atoms with van der Waals surface area (Å²) in [6.07, 6.45) is 6.24. The first-order valence-corrected chi connectivity index (χ1v) is 5.25. The quantitative estimate of drug-likeness (QED) is 0.740. The second-order valence-corrected chi connectivity index (χ2v) is 4.02. The van der Waals surface area contributed by atoms with Gasteiger partial charge in [-0.1, -0.05) is 0 Å². The minimum absolute atomic E-state index is 0.624. The lowest BCUT2D eigenvalue weighted by molar-refractivity contribution is 0.226. The second-order valence-electron chi connectivity index (χ2n) is 4.02. The number of likely N-dealkylation sites (N-methyl/N-ethyl adjacent to an activating group) is 1. The molecule has 78 valence electrons. The van der Waals surface area contributed by atoms with Gasteiger partial charge in [-0.25, -0.2) is 4.98 Å². The van der Waals surface area contributed by atoms with E-state index < -0.39 is 0 Å². The number of H-pyrrole nitrogens is 1. The number of piperidine rings is 1. The van der Waals surface area contributed by atoms with E-state index >= 15 is 0 Å². The van der Waals surface area contributed by atoms with Gasteiger partial charge in [0.05, 0.1) is 6.54 Å². The number of imidazole rings is 1. The molecule has 0 aliphatic carbocycles. The Balaban J connectivity index is 1.75. The molecule has 1 aliphatic heterocycles. The van der Waals surface area contributed by atoms with E-state index in [0.29, 0.717) is 6.04 Å². The molecule has 2 N–H and O–H groups in total. The van der Waals surface area contributed by atoms with Crippen LogP contribution in [0.2, 0.25) is 0 Å². The van der Waals surface area contributed by atoms with Gasteiger partial charge in [-0.2, -0.15) is 0 Å². The summed E-state index contributed by atoms with van der Waals surface area (Å²) < 4.78 is 0. The van der Waals surface area contributed by atoms with Crippen molar-refractivity contribution in [3.63, 3.8) is 0 Å². The molecule has 0 spiro atoms. The molecule has 1 unspecified atom stereocenters. The summed E-state index contributed by atoms with van der Waals surface area (Å²) in [7, 11) is 2.18. The zero-order valence-corrected chi connectivity index (χ0v) is 8.66. The Morgan fingerprint density at radius 1 is 1.71 bits per heavy atom. The maximum absolute atomic E-state index is 4.19. The minimum atomic E-state index is 0.624. The Kier molecular flexibility index (Phi) is 3.16. The van der Waals surface area contributed by atoms with Crippen LogP contribution in [0.1, 0.15) is 18.7 Å². The number of hydrogen-bond acceptors (Lipinski definition) is 3. The molecular formula is C10H18N4. The smallest absolute Gasteiger partial charge is 0.120 e. The minimum Gasteiger partial charge on any atom is -0.348 e. The fourth-order valence-corrected chi connectivity index (χ4v) is 1.97. The zero-order chi connectivity index (χ0) is 9.80. The van der Waals surface area contributed by atoms with Crippen molar-refractivity contribution in [2.45, 2.75) is 25.4 Å². The second kappa shape index (κ2) is 4.57. The molecule has 4 heteroatoms. The molecule has 0 radical (unpaired) electrons. The molecule has 0 bridgehead atoms. The van der Waals surface area contributed by atoms with E-state index in [4.69, 9.17) is 0 Å². The van der Waals surface area contributed by atoms with Crippen LogP contribution in [0.4, 0.5) is 0 Å². The Hall–Kier alpha value is -0.870. The average molecular weight is 194 g/mol. The molecule has 4 nitrogen and oxygen atoms in total. The Morgan fingerprint density at radius 3 is 3.36 bits per heavy atom. The predicted molar refractivity (Wildman–Crippen MR) is 55.9 cm³/mol. The number of likely N-dealkylation sites (tertiary alicyclic amines) is 1. The molecule has 0 amide bonds. The third-order valence-corrected chi connectivity index (χ3v) is 2.74. The summed E-state index contributed by atoms with van der Waals surface area (Å²) >= 11 is 0. The molecule has 2 heterocycles. The third-order valence-electron chi connectivity index (χ3n) is 2.74. The lowest BCUT2D eigenvalue weighted by Gasteiger charge is -2.30. The van der Waals surface area contributed by atoms with Gasteiger partial charge in [0.15, 0.2) is 0 Å². The van der Waals surface area contributed by atoms with Gasteiger partial charge in [0.1, 0.15) is 5.82 Å². The first-order chi connectivity index (χ1) is 6.84. The maximum atomic E-state index is 4.19. The normalized spacial score (nSPS) is 23.9. The number of nitrogens with zero attached hydrogens (tertiary/aromatic N) is 2. The van der Waals surface area contributed by atoms with Gasteiger partial charge in [-0.3, -0.25) is 0 Å². The molecule has 1 atom stereocenters. The summed E-state index contributed by atoms with van der Waals surface area (Å²) in [5.74, 6) is 1.03. The summed E-state index contributed by atoms with van der Waals surface area (Å²) in [4.78, 5) is 9.67. The highest BCUT2D eigenvalue weighted by molar-refractivity contribution is 4.87. The first-order valence-electron chi connectivity index (χ1n) is 5.25. The number of aromatic amines is 1. The number of rotatable bonds is 3. The molecule has 1 aromatic rings. The van der Waals surface area contributed by atoms with E-state index in [1.165, 1.54) is 19.4 Å². The Labute approximate surface area is 84.7 Å². The standard InChI is InChI=1S/C10H18N4/c1-14-6-2-3-9(8-14)13-7-10-11-4-5-12-10/h4-5,9,13H,2-3,6-8H2,1H3,(H,11,12). The van der Waals surface area contributed by atoms with Gasteiger partial charge in [-0.15, -0.1) is 0 Å².